The smallest absolute Gasteiger partial charge is 0.318 e. The van der Waals surface area contributed by atoms with Gasteiger partial charge in [-0.25, -0.2) is 4.79 Å². The van der Waals surface area contributed by atoms with Crippen molar-refractivity contribution in [3.8, 4) is 0 Å². The van der Waals surface area contributed by atoms with Crippen LogP contribution in [0.3, 0.4) is 0 Å². The highest BCUT2D eigenvalue weighted by Gasteiger charge is 2.31. The highest BCUT2D eigenvalue weighted by Crippen LogP contribution is 2.31. The Kier molecular flexibility index (Phi) is 3.45. The number of hydrogen-bond acceptors (Lipinski definition) is 4. The van der Waals surface area contributed by atoms with E-state index in [0.29, 0.717) is 6.54 Å². The molecule has 1 atom stereocenters. The summed E-state index contributed by atoms with van der Waals surface area (Å²) in [5.74, 6) is 1.51. The van der Waals surface area contributed by atoms with E-state index in [4.69, 9.17) is 8.94 Å². The van der Waals surface area contributed by atoms with Gasteiger partial charge in [0.1, 0.15) is 17.2 Å². The summed E-state index contributed by atoms with van der Waals surface area (Å²) in [6.45, 7) is 2.99. The molecule has 2 aromatic rings. The summed E-state index contributed by atoms with van der Waals surface area (Å²) in [6.07, 6.45) is 3.49. The molecule has 106 valence electrons. The van der Waals surface area contributed by atoms with Gasteiger partial charge >= 0.3 is 6.03 Å². The largest absolute Gasteiger partial charge is 0.467 e. The number of nitrogens with zero attached hydrogens (tertiary/aromatic N) is 2. The summed E-state index contributed by atoms with van der Waals surface area (Å²) >= 11 is 0. The Balaban J connectivity index is 1.64. The highest BCUT2D eigenvalue weighted by molar-refractivity contribution is 5.75. The second kappa shape index (κ2) is 5.40. The Morgan fingerprint density at radius 2 is 2.50 bits per heavy atom. The first-order valence-electron chi connectivity index (χ1n) is 6.74. The predicted octanol–water partition coefficient (Wildman–Crippen LogP) is 2.62. The first-order chi connectivity index (χ1) is 9.74. The Hall–Kier alpha value is -2.24. The molecule has 1 saturated heterocycles. The average Bonchev–Trinajstić information content (AvgIpc) is 3.16. The van der Waals surface area contributed by atoms with E-state index in [9.17, 15) is 4.79 Å². The molecule has 2 amide bonds. The number of amides is 2. The lowest BCUT2D eigenvalue weighted by atomic mass is 10.1. The van der Waals surface area contributed by atoms with Crippen LogP contribution in [0.2, 0.25) is 0 Å². The molecule has 3 heterocycles. The molecule has 3 rings (SSSR count). The Labute approximate surface area is 116 Å². The number of aromatic nitrogens is 1. The van der Waals surface area contributed by atoms with Crippen LogP contribution in [0.15, 0.2) is 33.4 Å². The molecule has 0 spiro atoms. The number of hydrogen-bond donors (Lipinski definition) is 1. The fraction of sp³-hybridized carbons (Fsp3) is 0.429. The maximum atomic E-state index is 12.2. The second-order valence-electron chi connectivity index (χ2n) is 4.95. The minimum absolute atomic E-state index is 0.00375. The Morgan fingerprint density at radius 1 is 1.60 bits per heavy atom. The normalized spacial score (nSPS) is 18.4. The van der Waals surface area contributed by atoms with Gasteiger partial charge in [0.2, 0.25) is 0 Å². The molecule has 0 radical (unpaired) electrons. The van der Waals surface area contributed by atoms with Crippen LogP contribution in [0.5, 0.6) is 0 Å². The lowest BCUT2D eigenvalue weighted by molar-refractivity contribution is 0.189. The Morgan fingerprint density at radius 3 is 3.20 bits per heavy atom. The number of carbonyl (C=O) groups is 1. The van der Waals surface area contributed by atoms with Crippen LogP contribution >= 0.6 is 0 Å². The van der Waals surface area contributed by atoms with Gasteiger partial charge in [0.25, 0.3) is 0 Å². The quantitative estimate of drug-likeness (QED) is 0.934. The summed E-state index contributed by atoms with van der Waals surface area (Å²) in [5.41, 5.74) is 0.827. The molecule has 6 heteroatoms. The molecule has 20 heavy (non-hydrogen) atoms. The molecule has 0 bridgehead atoms. The van der Waals surface area contributed by atoms with E-state index in [1.54, 1.807) is 17.2 Å². The van der Waals surface area contributed by atoms with E-state index in [2.05, 4.69) is 10.5 Å². The molecule has 1 unspecified atom stereocenters. The molecular weight excluding hydrogens is 258 g/mol. The molecule has 6 nitrogen and oxygen atoms in total. The van der Waals surface area contributed by atoms with Crippen LogP contribution in [-0.2, 0) is 6.54 Å². The molecule has 0 aliphatic carbocycles. The summed E-state index contributed by atoms with van der Waals surface area (Å²) in [5, 5.41) is 6.89. The zero-order chi connectivity index (χ0) is 13.9. The van der Waals surface area contributed by atoms with Crippen molar-refractivity contribution in [3.63, 3.8) is 0 Å². The summed E-state index contributed by atoms with van der Waals surface area (Å²) in [7, 11) is 0. The van der Waals surface area contributed by atoms with E-state index >= 15 is 0 Å². The minimum atomic E-state index is -0.0930. The third-order valence-electron chi connectivity index (χ3n) is 3.50. The van der Waals surface area contributed by atoms with E-state index in [1.807, 2.05) is 19.1 Å². The lowest BCUT2D eigenvalue weighted by Gasteiger charge is -2.23. The van der Waals surface area contributed by atoms with E-state index in [1.165, 1.54) is 0 Å². The second-order valence-corrected chi connectivity index (χ2v) is 4.95. The van der Waals surface area contributed by atoms with Gasteiger partial charge < -0.3 is 19.2 Å². The Bertz CT molecular complexity index is 576. The topological polar surface area (TPSA) is 71.5 Å². The van der Waals surface area contributed by atoms with Crippen LogP contribution in [0, 0.1) is 6.92 Å². The SMILES string of the molecule is Cc1cc(C2CCCN2C(=O)NCc2ccco2)no1. The first-order valence-corrected chi connectivity index (χ1v) is 6.74. The third kappa shape index (κ3) is 2.54. The van der Waals surface area contributed by atoms with Crippen molar-refractivity contribution in [2.24, 2.45) is 0 Å². The van der Waals surface area contributed by atoms with Gasteiger partial charge in [-0.2, -0.15) is 0 Å². The number of carbonyl (C=O) groups excluding carboxylic acids is 1. The standard InChI is InChI=1S/C14H17N3O3/c1-10-8-12(16-20-10)13-5-2-6-17(13)14(18)15-9-11-4-3-7-19-11/h3-4,7-8,13H,2,5-6,9H2,1H3,(H,15,18). The van der Waals surface area contributed by atoms with Crippen molar-refractivity contribution in [2.45, 2.75) is 32.4 Å². The van der Waals surface area contributed by atoms with Crippen molar-refractivity contribution >= 4 is 6.03 Å². The van der Waals surface area contributed by atoms with Gasteiger partial charge in [0, 0.05) is 12.6 Å². The van der Waals surface area contributed by atoms with Crippen LogP contribution in [-0.4, -0.2) is 22.6 Å². The van der Waals surface area contributed by atoms with Crippen molar-refractivity contribution in [3.05, 3.63) is 41.7 Å². The number of aryl methyl sites for hydroxylation is 1. The van der Waals surface area contributed by atoms with Crippen molar-refractivity contribution in [1.82, 2.24) is 15.4 Å². The molecular formula is C14H17N3O3. The van der Waals surface area contributed by atoms with Gasteiger partial charge in [0.15, 0.2) is 0 Å². The molecule has 0 aromatic carbocycles. The van der Waals surface area contributed by atoms with Gasteiger partial charge in [0.05, 0.1) is 18.8 Å². The fourth-order valence-corrected chi connectivity index (χ4v) is 2.54. The maximum Gasteiger partial charge on any atom is 0.318 e. The number of likely N-dealkylation sites (tertiary alicyclic amines) is 1. The highest BCUT2D eigenvalue weighted by atomic mass is 16.5. The number of furan rings is 1. The van der Waals surface area contributed by atoms with Crippen LogP contribution in [0.4, 0.5) is 4.79 Å². The van der Waals surface area contributed by atoms with Crippen molar-refractivity contribution in [1.29, 1.82) is 0 Å². The zero-order valence-corrected chi connectivity index (χ0v) is 11.3. The minimum Gasteiger partial charge on any atom is -0.467 e. The van der Waals surface area contributed by atoms with E-state index in [-0.39, 0.29) is 12.1 Å². The number of nitrogens with one attached hydrogen (secondary N) is 1. The molecule has 1 N–H and O–H groups in total. The zero-order valence-electron chi connectivity index (χ0n) is 11.3. The molecule has 1 aliphatic rings. The van der Waals surface area contributed by atoms with Crippen molar-refractivity contribution < 1.29 is 13.7 Å². The van der Waals surface area contributed by atoms with Gasteiger partial charge in [-0.05, 0) is 31.9 Å². The van der Waals surface area contributed by atoms with E-state index in [0.717, 1.165) is 36.6 Å². The van der Waals surface area contributed by atoms with Gasteiger partial charge in [-0.15, -0.1) is 0 Å². The fourth-order valence-electron chi connectivity index (χ4n) is 2.54. The maximum absolute atomic E-state index is 12.2. The van der Waals surface area contributed by atoms with E-state index < -0.39 is 0 Å². The van der Waals surface area contributed by atoms with Crippen molar-refractivity contribution in [2.75, 3.05) is 6.54 Å². The van der Waals surface area contributed by atoms with Gasteiger partial charge in [-0.1, -0.05) is 5.16 Å². The van der Waals surface area contributed by atoms with Crippen LogP contribution < -0.4 is 5.32 Å². The first kappa shape index (κ1) is 12.8. The summed E-state index contributed by atoms with van der Waals surface area (Å²) in [6, 6.07) is 5.44. The average molecular weight is 275 g/mol. The lowest BCUT2D eigenvalue weighted by Crippen LogP contribution is -2.39. The van der Waals surface area contributed by atoms with Crippen LogP contribution in [0.25, 0.3) is 0 Å². The number of urea groups is 1. The summed E-state index contributed by atoms with van der Waals surface area (Å²) < 4.78 is 10.3. The van der Waals surface area contributed by atoms with Gasteiger partial charge in [-0.3, -0.25) is 0 Å². The monoisotopic (exact) mass is 275 g/mol. The molecule has 2 aromatic heterocycles. The predicted molar refractivity (Wildman–Crippen MR) is 70.9 cm³/mol. The molecule has 1 aliphatic heterocycles. The molecule has 0 saturated carbocycles. The molecule has 1 fully saturated rings. The van der Waals surface area contributed by atoms with Crippen LogP contribution in [0.1, 0.15) is 36.1 Å². The number of rotatable bonds is 3. The third-order valence-corrected chi connectivity index (χ3v) is 3.50. The summed E-state index contributed by atoms with van der Waals surface area (Å²) in [4.78, 5) is 14.1.